The summed E-state index contributed by atoms with van der Waals surface area (Å²) in [7, 11) is -9.78. The van der Waals surface area contributed by atoms with E-state index < -0.39 is 91.5 Å². The van der Waals surface area contributed by atoms with Crippen molar-refractivity contribution in [1.29, 1.82) is 0 Å². The number of esters is 3. The number of hydrogen-bond donors (Lipinski definition) is 4. The number of carbonyl (C=O) groups is 3. The van der Waals surface area contributed by atoms with Gasteiger partial charge in [0, 0.05) is 19.3 Å². The van der Waals surface area contributed by atoms with Crippen LogP contribution in [0.1, 0.15) is 303 Å². The Morgan fingerprint density at radius 1 is 0.305 bits per heavy atom. The van der Waals surface area contributed by atoms with Gasteiger partial charge in [0.15, 0.2) is 6.10 Å². The lowest BCUT2D eigenvalue weighted by atomic mass is 10.0. The maximum atomic E-state index is 12.9. The van der Waals surface area contributed by atoms with Crippen LogP contribution in [0, 0.1) is 0 Å². The summed E-state index contributed by atoms with van der Waals surface area (Å²) in [5, 5.41) is 20.6. The maximum absolute atomic E-state index is 12.9. The molecule has 0 aliphatic carbocycles. The van der Waals surface area contributed by atoms with Crippen molar-refractivity contribution in [2.75, 3.05) is 39.6 Å². The number of aliphatic hydroxyl groups is 2. The van der Waals surface area contributed by atoms with E-state index in [0.717, 1.165) is 148 Å². The highest BCUT2D eigenvalue weighted by atomic mass is 31.2. The highest BCUT2D eigenvalue weighted by Crippen LogP contribution is 2.45. The summed E-state index contributed by atoms with van der Waals surface area (Å²) in [6.07, 6.45) is 79.9. The van der Waals surface area contributed by atoms with Crippen molar-refractivity contribution in [2.24, 2.45) is 0 Å². The van der Waals surface area contributed by atoms with E-state index in [0.29, 0.717) is 19.3 Å². The van der Waals surface area contributed by atoms with Crippen LogP contribution in [0.25, 0.3) is 0 Å². The van der Waals surface area contributed by atoms with Crippen molar-refractivity contribution in [3.8, 4) is 0 Å². The van der Waals surface area contributed by atoms with E-state index in [1.807, 2.05) is 0 Å². The molecule has 95 heavy (non-hydrogen) atoms. The minimum absolute atomic E-state index is 0.104. The lowest BCUT2D eigenvalue weighted by Gasteiger charge is -2.21. The molecule has 548 valence electrons. The zero-order valence-electron chi connectivity index (χ0n) is 59.6. The van der Waals surface area contributed by atoms with Crippen LogP contribution in [0.3, 0.4) is 0 Å². The summed E-state index contributed by atoms with van der Waals surface area (Å²) in [6.45, 7) is 2.45. The highest BCUT2D eigenvalue weighted by molar-refractivity contribution is 7.47. The number of rotatable bonds is 70. The summed E-state index contributed by atoms with van der Waals surface area (Å²) >= 11 is 0. The minimum Gasteiger partial charge on any atom is -0.463 e. The van der Waals surface area contributed by atoms with Crippen LogP contribution >= 0.6 is 15.6 Å². The van der Waals surface area contributed by atoms with E-state index >= 15 is 0 Å². The Labute approximate surface area is 577 Å². The normalized spacial score (nSPS) is 14.7. The third-order valence-electron chi connectivity index (χ3n) is 15.5. The van der Waals surface area contributed by atoms with Gasteiger partial charge in [-0.1, -0.05) is 291 Å². The Bertz CT molecular complexity index is 2170. The Hall–Kier alpha value is -3.79. The second-order valence-corrected chi connectivity index (χ2v) is 27.6. The molecular formula is C77H134O16P2. The fourth-order valence-corrected chi connectivity index (χ4v) is 11.5. The van der Waals surface area contributed by atoms with E-state index in [-0.39, 0.29) is 19.3 Å². The molecule has 5 atom stereocenters. The van der Waals surface area contributed by atoms with E-state index in [9.17, 15) is 43.5 Å². The second kappa shape index (κ2) is 70.1. The predicted octanol–water partition coefficient (Wildman–Crippen LogP) is 21.2. The third-order valence-corrected chi connectivity index (χ3v) is 17.4. The maximum Gasteiger partial charge on any atom is 0.472 e. The molecule has 0 bridgehead atoms. The van der Waals surface area contributed by atoms with Crippen LogP contribution in [-0.2, 0) is 55.8 Å². The monoisotopic (exact) mass is 1380 g/mol. The second-order valence-electron chi connectivity index (χ2n) is 24.7. The Morgan fingerprint density at radius 3 is 0.884 bits per heavy atom. The van der Waals surface area contributed by atoms with Gasteiger partial charge in [0.05, 0.1) is 26.4 Å². The van der Waals surface area contributed by atoms with Gasteiger partial charge in [-0.25, -0.2) is 9.13 Å². The lowest BCUT2D eigenvalue weighted by Crippen LogP contribution is -2.30. The van der Waals surface area contributed by atoms with Gasteiger partial charge in [-0.3, -0.25) is 32.5 Å². The molecule has 0 fully saturated rings. The molecular weight excluding hydrogens is 1240 g/mol. The van der Waals surface area contributed by atoms with Crippen LogP contribution < -0.4 is 0 Å². The predicted molar refractivity (Wildman–Crippen MR) is 390 cm³/mol. The van der Waals surface area contributed by atoms with Crippen LogP contribution in [0.5, 0.6) is 0 Å². The summed E-state index contributed by atoms with van der Waals surface area (Å²) in [4.78, 5) is 58.5. The number of unbranched alkanes of at least 4 members (excludes halogenated alkanes) is 29. The molecule has 5 unspecified atom stereocenters. The van der Waals surface area contributed by atoms with Gasteiger partial charge in [-0.2, -0.15) is 0 Å². The van der Waals surface area contributed by atoms with Crippen LogP contribution in [-0.4, -0.2) is 95.9 Å². The summed E-state index contributed by atoms with van der Waals surface area (Å²) < 4.78 is 61.0. The minimum atomic E-state index is -4.93. The molecule has 0 saturated carbocycles. The first kappa shape index (κ1) is 91.2. The first-order valence-corrected chi connectivity index (χ1v) is 40.2. The van der Waals surface area contributed by atoms with Gasteiger partial charge in [-0.15, -0.1) is 0 Å². The van der Waals surface area contributed by atoms with Crippen molar-refractivity contribution in [2.45, 2.75) is 322 Å². The SMILES string of the molecule is CC/C=C\C/C=C\C/C=C\C/C=C\C/C=C\CCCCCCCCCCCCCC(=O)OCC(O)COP(=O)(O)OCC(O)COP(=O)(O)OCC(COC(=O)CCCCCCCC/C=C\C/C=C\C/C=C\C/C=C\CC)OC(=O)CCCCCCCCCCCCCCC. The molecule has 0 radical (unpaired) electrons. The van der Waals surface area contributed by atoms with Crippen LogP contribution in [0.15, 0.2) is 109 Å². The van der Waals surface area contributed by atoms with Crippen LogP contribution in [0.2, 0.25) is 0 Å². The average Bonchev–Trinajstić information content (AvgIpc) is 1.81. The van der Waals surface area contributed by atoms with Crippen LogP contribution in [0.4, 0.5) is 0 Å². The molecule has 0 aromatic heterocycles. The van der Waals surface area contributed by atoms with E-state index in [4.69, 9.17) is 32.3 Å². The van der Waals surface area contributed by atoms with E-state index in [1.165, 1.54) is 96.3 Å². The Kier molecular flexibility index (Phi) is 67.3. The van der Waals surface area contributed by atoms with Gasteiger partial charge in [0.25, 0.3) is 0 Å². The fourth-order valence-electron chi connectivity index (χ4n) is 9.88. The molecule has 0 saturated heterocycles. The Morgan fingerprint density at radius 2 is 0.558 bits per heavy atom. The first-order valence-electron chi connectivity index (χ1n) is 37.2. The number of aliphatic hydroxyl groups excluding tert-OH is 2. The van der Waals surface area contributed by atoms with E-state index in [1.54, 1.807) is 0 Å². The average molecular weight is 1380 g/mol. The molecule has 0 heterocycles. The molecule has 0 aliphatic heterocycles. The lowest BCUT2D eigenvalue weighted by molar-refractivity contribution is -0.161. The highest BCUT2D eigenvalue weighted by Gasteiger charge is 2.29. The first-order chi connectivity index (χ1) is 46.2. The molecule has 0 aliphatic rings. The third kappa shape index (κ3) is 71.3. The van der Waals surface area contributed by atoms with Crippen molar-refractivity contribution in [3.05, 3.63) is 109 Å². The van der Waals surface area contributed by atoms with Gasteiger partial charge in [0.1, 0.15) is 25.4 Å². The molecule has 0 rings (SSSR count). The molecule has 0 aromatic rings. The number of carbonyl (C=O) groups excluding carboxylic acids is 3. The molecule has 0 amide bonds. The zero-order valence-corrected chi connectivity index (χ0v) is 61.4. The van der Waals surface area contributed by atoms with Gasteiger partial charge < -0.3 is 34.2 Å². The largest absolute Gasteiger partial charge is 0.472 e. The molecule has 16 nitrogen and oxygen atoms in total. The van der Waals surface area contributed by atoms with Crippen molar-refractivity contribution in [1.82, 2.24) is 0 Å². The standard InChI is InChI=1S/C77H134O16P2/c1-4-7-10-13-16-19-22-25-27-29-31-32-33-34-35-36-37-38-40-42-43-46-48-51-54-57-60-63-75(80)87-66-72(78)67-89-94(83,84)90-68-73(79)69-91-95(85,86)92-71-74(93-77(82)65-62-59-56-53-50-45-24-21-18-15-12-9-6-3)70-88-76(81)64-61-58-55-52-49-47-44-41-39-30-28-26-23-20-17-14-11-8-5-2/h7-8,10-11,16-17,19-20,25-28,31-32,34-35,39,41,72-74,78-79H,4-6,9,12-15,18,21-24,29-30,33,36-38,40,42-71H2,1-3H3,(H,83,84)(H,85,86)/b10-7-,11-8-,19-16-,20-17-,27-25-,28-26-,32-31-,35-34-,41-39-. The number of phosphoric ester groups is 2. The molecule has 4 N–H and O–H groups in total. The fraction of sp³-hybridized carbons (Fsp3) is 0.727. The van der Waals surface area contributed by atoms with Crippen molar-refractivity contribution in [3.63, 3.8) is 0 Å². The van der Waals surface area contributed by atoms with Gasteiger partial charge >= 0.3 is 33.6 Å². The number of ether oxygens (including phenoxy) is 3. The topological polar surface area (TPSA) is 231 Å². The molecule has 0 aromatic carbocycles. The van der Waals surface area contributed by atoms with E-state index in [2.05, 4.69) is 130 Å². The van der Waals surface area contributed by atoms with Gasteiger partial charge in [-0.05, 0) is 103 Å². The zero-order chi connectivity index (χ0) is 69.5. The summed E-state index contributed by atoms with van der Waals surface area (Å²) in [5.74, 6) is -1.59. The van der Waals surface area contributed by atoms with Crippen molar-refractivity contribution >= 4 is 33.6 Å². The summed E-state index contributed by atoms with van der Waals surface area (Å²) in [6, 6.07) is 0. The quantitative estimate of drug-likeness (QED) is 0.0146. The number of hydrogen-bond acceptors (Lipinski definition) is 14. The molecule has 0 spiro atoms. The number of phosphoric acid groups is 2. The smallest absolute Gasteiger partial charge is 0.463 e. The van der Waals surface area contributed by atoms with Gasteiger partial charge in [0.2, 0.25) is 0 Å². The number of allylic oxidation sites excluding steroid dienone is 18. The molecule has 18 heteroatoms. The summed E-state index contributed by atoms with van der Waals surface area (Å²) in [5.41, 5.74) is 0. The Balaban J connectivity index is 4.52. The van der Waals surface area contributed by atoms with Crippen molar-refractivity contribution < 1.29 is 75.8 Å².